The summed E-state index contributed by atoms with van der Waals surface area (Å²) in [5, 5.41) is 16.3. The molecule has 0 aliphatic rings. The van der Waals surface area contributed by atoms with Gasteiger partial charge in [0.05, 0.1) is 28.0 Å². The van der Waals surface area contributed by atoms with E-state index in [1.165, 1.54) is 37.0 Å². The van der Waals surface area contributed by atoms with Crippen molar-refractivity contribution in [2.75, 3.05) is 0 Å². The van der Waals surface area contributed by atoms with Crippen LogP contribution in [0.25, 0.3) is 98.6 Å². The van der Waals surface area contributed by atoms with Crippen molar-refractivity contribution in [3.63, 3.8) is 0 Å². The van der Waals surface area contributed by atoms with E-state index in [9.17, 15) is 5.11 Å². The van der Waals surface area contributed by atoms with Crippen LogP contribution in [0.4, 0.5) is 0 Å². The minimum Gasteiger partial charge on any atom is -0.507 e. The molecule has 0 saturated heterocycles. The smallest absolute Gasteiger partial charge is 0.149 e. The standard InChI is InChI=1S/C67H65N4OS.Pt/c1-40-48-38-50-46-27-20-21-29-54(46)70(57(50)39-58(48)73-62(40)42-25-18-15-19-26-42)59-37-45(66(8,9)10)36-53(68-59)47-28-22-30-56-60(47)69-63(51-34-44(65(5,6)7)35-52(61(51)72)67(11,12)13)71(56)55-32-31-43(64(2,3)4)33-49(55)41-23-16-14-17-24-41;/h14-28,30-39,72H,1-13H3;/q-1;. The molecule has 7 aromatic carbocycles. The molecule has 7 heteroatoms. The number of hydrogen-bond donors (Lipinski definition) is 1. The van der Waals surface area contributed by atoms with Gasteiger partial charge < -0.3 is 9.67 Å². The van der Waals surface area contributed by atoms with Crippen LogP contribution in [0.1, 0.15) is 111 Å². The number of aromatic nitrogens is 4. The Morgan fingerprint density at radius 3 is 1.82 bits per heavy atom. The predicted octanol–water partition coefficient (Wildman–Crippen LogP) is 18.4. The van der Waals surface area contributed by atoms with E-state index in [1.807, 2.05) is 17.4 Å². The van der Waals surface area contributed by atoms with Gasteiger partial charge in [-0.05, 0) is 115 Å². The van der Waals surface area contributed by atoms with Crippen LogP contribution < -0.4 is 0 Å². The first kappa shape index (κ1) is 50.9. The molecule has 0 amide bonds. The zero-order chi connectivity index (χ0) is 51.5. The number of thiophene rings is 1. The maximum absolute atomic E-state index is 12.7. The summed E-state index contributed by atoms with van der Waals surface area (Å²) in [5.41, 5.74) is 15.5. The first-order valence-electron chi connectivity index (χ1n) is 25.6. The van der Waals surface area contributed by atoms with E-state index in [-0.39, 0.29) is 48.5 Å². The third kappa shape index (κ3) is 8.82. The van der Waals surface area contributed by atoms with Crippen molar-refractivity contribution < 1.29 is 26.2 Å². The van der Waals surface area contributed by atoms with Gasteiger partial charge in [-0.2, -0.15) is 24.3 Å². The number of fused-ring (bicyclic) bond motifs is 5. The van der Waals surface area contributed by atoms with Gasteiger partial charge in [-0.3, -0.25) is 4.57 Å². The third-order valence-corrected chi connectivity index (χ3v) is 16.1. The SMILES string of the molecule is Cc1c(-c2ccccc2)sc2cc3c(cc12)c1ccc[c-]c1n3-c1cc(C(C)(C)C)cc(-c2cccc3c2nc(-c2cc(C(C)(C)C)cc(C(C)(C)C)c2O)n3-c2ccc(C(C)(C)C)cc2-c2ccccc2)n1.[Pt]. The molecule has 5 nitrogen and oxygen atoms in total. The Morgan fingerprint density at radius 2 is 1.16 bits per heavy atom. The molecule has 11 rings (SSSR count). The fourth-order valence-corrected chi connectivity index (χ4v) is 11.7. The van der Waals surface area contributed by atoms with Crippen molar-refractivity contribution in [3.8, 4) is 61.5 Å². The molecule has 0 spiro atoms. The van der Waals surface area contributed by atoms with E-state index in [1.54, 1.807) is 0 Å². The molecule has 0 saturated carbocycles. The average Bonchev–Trinajstić information content (AvgIpc) is 4.01. The van der Waals surface area contributed by atoms with Crippen molar-refractivity contribution in [1.82, 2.24) is 19.1 Å². The molecule has 0 aliphatic carbocycles. The summed E-state index contributed by atoms with van der Waals surface area (Å²) >= 11 is 1.85. The van der Waals surface area contributed by atoms with Crippen LogP contribution in [0.3, 0.4) is 0 Å². The third-order valence-electron chi connectivity index (χ3n) is 14.8. The maximum atomic E-state index is 12.7. The van der Waals surface area contributed by atoms with Crippen LogP contribution >= 0.6 is 11.3 Å². The summed E-state index contributed by atoms with van der Waals surface area (Å²) < 4.78 is 5.84. The molecule has 0 fully saturated rings. The Labute approximate surface area is 455 Å². The number of rotatable bonds is 6. The number of benzene rings is 7. The first-order valence-corrected chi connectivity index (χ1v) is 26.4. The summed E-state index contributed by atoms with van der Waals surface area (Å²) in [4.78, 5) is 12.8. The Hall–Kier alpha value is -6.59. The van der Waals surface area contributed by atoms with Gasteiger partial charge in [0.2, 0.25) is 0 Å². The van der Waals surface area contributed by atoms with E-state index < -0.39 is 0 Å². The van der Waals surface area contributed by atoms with Gasteiger partial charge in [0.1, 0.15) is 17.4 Å². The summed E-state index contributed by atoms with van der Waals surface area (Å²) in [6.07, 6.45) is 0. The first-order chi connectivity index (χ1) is 34.6. The van der Waals surface area contributed by atoms with Gasteiger partial charge in [-0.15, -0.1) is 16.7 Å². The van der Waals surface area contributed by atoms with Crippen LogP contribution in [-0.4, -0.2) is 24.2 Å². The van der Waals surface area contributed by atoms with Gasteiger partial charge in [-0.25, -0.2) is 9.97 Å². The second-order valence-electron chi connectivity index (χ2n) is 24.1. The Morgan fingerprint density at radius 1 is 0.514 bits per heavy atom. The van der Waals surface area contributed by atoms with Crippen molar-refractivity contribution in [2.24, 2.45) is 0 Å². The fraction of sp³-hybridized carbons (Fsp3) is 0.254. The Balaban J connectivity index is 0.00000626. The van der Waals surface area contributed by atoms with Crippen LogP contribution in [0.15, 0.2) is 152 Å². The number of phenols is 1. The summed E-state index contributed by atoms with van der Waals surface area (Å²) in [6, 6.07) is 58.3. The summed E-state index contributed by atoms with van der Waals surface area (Å²) in [5.74, 6) is 1.74. The van der Waals surface area contributed by atoms with Crippen LogP contribution in [-0.2, 0) is 42.7 Å². The molecule has 0 unspecified atom stereocenters. The number of nitrogens with zero attached hydrogens (tertiary/aromatic N) is 4. The van der Waals surface area contributed by atoms with Crippen LogP contribution in [0.5, 0.6) is 5.75 Å². The number of pyridine rings is 1. The van der Waals surface area contributed by atoms with E-state index >= 15 is 0 Å². The molecule has 74 heavy (non-hydrogen) atoms. The van der Waals surface area contributed by atoms with Gasteiger partial charge in [0, 0.05) is 52.8 Å². The Kier molecular flexibility index (Phi) is 12.6. The molecule has 376 valence electrons. The monoisotopic (exact) mass is 1170 g/mol. The second kappa shape index (κ2) is 18.4. The minimum atomic E-state index is -0.345. The quantitative estimate of drug-likeness (QED) is 0.169. The van der Waals surface area contributed by atoms with Crippen molar-refractivity contribution >= 4 is 54.3 Å². The van der Waals surface area contributed by atoms with E-state index in [0.29, 0.717) is 11.4 Å². The molecular formula is C67H65N4OPtS-. The summed E-state index contributed by atoms with van der Waals surface area (Å²) in [6.45, 7) is 29.1. The summed E-state index contributed by atoms with van der Waals surface area (Å²) in [7, 11) is 0. The average molecular weight is 1170 g/mol. The Bertz CT molecular complexity index is 3960. The molecule has 11 aromatic rings. The number of imidazole rings is 1. The van der Waals surface area contributed by atoms with Crippen LogP contribution in [0.2, 0.25) is 0 Å². The van der Waals surface area contributed by atoms with Crippen molar-refractivity contribution in [3.05, 3.63) is 186 Å². The molecule has 0 bridgehead atoms. The fourth-order valence-electron chi connectivity index (χ4n) is 10.5. The van der Waals surface area contributed by atoms with Crippen LogP contribution in [0, 0.1) is 13.0 Å². The van der Waals surface area contributed by atoms with Gasteiger partial charge in [0.15, 0.2) is 0 Å². The normalized spacial score (nSPS) is 12.6. The predicted molar refractivity (Wildman–Crippen MR) is 310 cm³/mol. The van der Waals surface area contributed by atoms with Gasteiger partial charge >= 0.3 is 0 Å². The molecule has 4 aromatic heterocycles. The topological polar surface area (TPSA) is 55.9 Å². The maximum Gasteiger partial charge on any atom is 0.149 e. The molecular weight excluding hydrogens is 1100 g/mol. The number of aryl methyl sites for hydroxylation is 1. The molecule has 4 heterocycles. The van der Waals surface area contributed by atoms with E-state index in [2.05, 4.69) is 251 Å². The van der Waals surface area contributed by atoms with Crippen molar-refractivity contribution in [2.45, 2.75) is 112 Å². The molecule has 1 N–H and O–H groups in total. The van der Waals surface area contributed by atoms with Crippen molar-refractivity contribution in [1.29, 1.82) is 0 Å². The molecule has 0 radical (unpaired) electrons. The molecule has 0 atom stereocenters. The van der Waals surface area contributed by atoms with E-state index in [4.69, 9.17) is 9.97 Å². The van der Waals surface area contributed by atoms with E-state index in [0.717, 1.165) is 78.0 Å². The number of phenolic OH excluding ortho intramolecular Hbond substituents is 1. The minimum absolute atomic E-state index is 0. The zero-order valence-corrected chi connectivity index (χ0v) is 48.0. The molecule has 0 aliphatic heterocycles. The second-order valence-corrected chi connectivity index (χ2v) is 25.2. The zero-order valence-electron chi connectivity index (χ0n) is 44.9. The number of para-hydroxylation sites is 2. The number of aromatic hydroxyl groups is 1. The largest absolute Gasteiger partial charge is 0.507 e. The number of hydrogen-bond acceptors (Lipinski definition) is 4. The van der Waals surface area contributed by atoms with Gasteiger partial charge in [0.25, 0.3) is 0 Å². The van der Waals surface area contributed by atoms with Gasteiger partial charge in [-0.1, -0.05) is 180 Å².